The highest BCUT2D eigenvalue weighted by Crippen LogP contribution is 2.27. The van der Waals surface area contributed by atoms with Gasteiger partial charge in [-0.3, -0.25) is 0 Å². The van der Waals surface area contributed by atoms with Crippen LogP contribution in [0.3, 0.4) is 0 Å². The van der Waals surface area contributed by atoms with E-state index in [1.54, 1.807) is 28.6 Å². The second-order valence-corrected chi connectivity index (χ2v) is 7.59. The number of halogens is 1. The molecule has 0 amide bonds. The van der Waals surface area contributed by atoms with Gasteiger partial charge in [-0.05, 0) is 36.0 Å². The molecule has 5 heteroatoms. The highest BCUT2D eigenvalue weighted by Gasteiger charge is 2.31. The average Bonchev–Trinajstić information content (AvgIpc) is 2.41. The molecule has 1 aromatic rings. The van der Waals surface area contributed by atoms with Crippen LogP contribution in [0, 0.1) is 11.8 Å². The van der Waals surface area contributed by atoms with E-state index >= 15 is 0 Å². The maximum atomic E-state index is 12.5. The first-order valence-corrected chi connectivity index (χ1v) is 8.57. The van der Waals surface area contributed by atoms with E-state index in [1.165, 1.54) is 0 Å². The third-order valence-electron chi connectivity index (χ3n) is 4.01. The highest BCUT2D eigenvalue weighted by atomic mass is 35.5. The number of alkyl halides is 1. The molecule has 1 saturated heterocycles. The minimum absolute atomic E-state index is 0.364. The summed E-state index contributed by atoms with van der Waals surface area (Å²) in [5, 5.41) is 0. The maximum absolute atomic E-state index is 12.5. The molecule has 0 N–H and O–H groups in total. The molecule has 2 rings (SSSR count). The van der Waals surface area contributed by atoms with Crippen LogP contribution >= 0.6 is 11.6 Å². The van der Waals surface area contributed by atoms with Gasteiger partial charge in [0.2, 0.25) is 10.0 Å². The maximum Gasteiger partial charge on any atom is 0.243 e. The molecule has 0 radical (unpaired) electrons. The summed E-state index contributed by atoms with van der Waals surface area (Å²) in [5.41, 5.74) is 0.932. The molecule has 106 valence electrons. The number of hydrogen-bond donors (Lipinski definition) is 0. The van der Waals surface area contributed by atoms with E-state index in [0.29, 0.717) is 35.7 Å². The third kappa shape index (κ3) is 3.12. The molecule has 19 heavy (non-hydrogen) atoms. The topological polar surface area (TPSA) is 37.4 Å². The Morgan fingerprint density at radius 3 is 2.37 bits per heavy atom. The summed E-state index contributed by atoms with van der Waals surface area (Å²) in [4.78, 5) is 0.364. The van der Waals surface area contributed by atoms with Gasteiger partial charge in [-0.15, -0.1) is 11.6 Å². The first kappa shape index (κ1) is 14.8. The Bertz CT molecular complexity index is 527. The lowest BCUT2D eigenvalue weighted by Crippen LogP contribution is -2.42. The van der Waals surface area contributed by atoms with Gasteiger partial charge in [0.15, 0.2) is 0 Å². The lowest BCUT2D eigenvalue weighted by Gasteiger charge is -2.34. The van der Waals surface area contributed by atoms with Crippen LogP contribution < -0.4 is 0 Å². The van der Waals surface area contributed by atoms with Gasteiger partial charge in [-0.1, -0.05) is 26.0 Å². The van der Waals surface area contributed by atoms with Crippen molar-refractivity contribution in [3.63, 3.8) is 0 Å². The summed E-state index contributed by atoms with van der Waals surface area (Å²) < 4.78 is 26.7. The van der Waals surface area contributed by atoms with E-state index in [2.05, 4.69) is 13.8 Å². The van der Waals surface area contributed by atoms with E-state index in [9.17, 15) is 8.42 Å². The Kier molecular flexibility index (Phi) is 4.54. The normalized spacial score (nSPS) is 25.4. The summed E-state index contributed by atoms with van der Waals surface area (Å²) in [6.45, 7) is 5.53. The fourth-order valence-corrected chi connectivity index (χ4v) is 4.08. The van der Waals surface area contributed by atoms with Gasteiger partial charge in [-0.2, -0.15) is 4.31 Å². The predicted octanol–water partition coefficient (Wildman–Crippen LogP) is 3.09. The zero-order valence-corrected chi connectivity index (χ0v) is 12.9. The Morgan fingerprint density at radius 1 is 1.21 bits per heavy atom. The lowest BCUT2D eigenvalue weighted by atomic mass is 9.90. The molecule has 0 saturated carbocycles. The molecule has 0 bridgehead atoms. The molecule has 1 heterocycles. The van der Waals surface area contributed by atoms with E-state index < -0.39 is 10.0 Å². The molecule has 2 unspecified atom stereocenters. The van der Waals surface area contributed by atoms with Gasteiger partial charge in [-0.25, -0.2) is 8.42 Å². The molecule has 0 aromatic heterocycles. The van der Waals surface area contributed by atoms with Crippen LogP contribution in [-0.2, 0) is 15.9 Å². The largest absolute Gasteiger partial charge is 0.243 e. The van der Waals surface area contributed by atoms with E-state index in [-0.39, 0.29) is 0 Å². The lowest BCUT2D eigenvalue weighted by molar-refractivity contribution is 0.212. The fraction of sp³-hybridized carbons (Fsp3) is 0.571. The number of hydrogen-bond acceptors (Lipinski definition) is 2. The van der Waals surface area contributed by atoms with Gasteiger partial charge >= 0.3 is 0 Å². The quantitative estimate of drug-likeness (QED) is 0.805. The van der Waals surface area contributed by atoms with E-state index in [4.69, 9.17) is 11.6 Å². The molecule has 2 atom stereocenters. The molecular formula is C14H20ClNO2S. The van der Waals surface area contributed by atoms with Gasteiger partial charge < -0.3 is 0 Å². The summed E-state index contributed by atoms with van der Waals surface area (Å²) >= 11 is 5.72. The van der Waals surface area contributed by atoms with Crippen LogP contribution in [0.1, 0.15) is 25.8 Å². The SMILES string of the molecule is CC1CCN(S(=O)(=O)c2ccc(CCl)cc2)CC1C. The molecule has 1 aromatic carbocycles. The third-order valence-corrected chi connectivity index (χ3v) is 6.20. The van der Waals surface area contributed by atoms with E-state index in [0.717, 1.165) is 12.0 Å². The predicted molar refractivity (Wildman–Crippen MR) is 77.7 cm³/mol. The minimum atomic E-state index is -3.35. The second-order valence-electron chi connectivity index (χ2n) is 5.38. The molecule has 0 spiro atoms. The zero-order valence-electron chi connectivity index (χ0n) is 11.3. The summed E-state index contributed by atoms with van der Waals surface area (Å²) in [6.07, 6.45) is 0.931. The molecular weight excluding hydrogens is 282 g/mol. The number of benzene rings is 1. The number of sulfonamides is 1. The summed E-state index contributed by atoms with van der Waals surface area (Å²) in [6, 6.07) is 6.84. The Labute approximate surface area is 120 Å². The summed E-state index contributed by atoms with van der Waals surface area (Å²) in [7, 11) is -3.35. The highest BCUT2D eigenvalue weighted by molar-refractivity contribution is 7.89. The van der Waals surface area contributed by atoms with Crippen LogP contribution in [0.15, 0.2) is 29.2 Å². The van der Waals surface area contributed by atoms with Gasteiger partial charge in [0.25, 0.3) is 0 Å². The van der Waals surface area contributed by atoms with Gasteiger partial charge in [0.05, 0.1) is 4.90 Å². The molecule has 3 nitrogen and oxygen atoms in total. The number of piperidine rings is 1. The smallest absolute Gasteiger partial charge is 0.207 e. The van der Waals surface area contributed by atoms with Crippen LogP contribution in [0.2, 0.25) is 0 Å². The standard InChI is InChI=1S/C14H20ClNO2S/c1-11-7-8-16(10-12(11)2)19(17,18)14-5-3-13(9-15)4-6-14/h3-6,11-12H,7-10H2,1-2H3. The fourth-order valence-electron chi connectivity index (χ4n) is 2.34. The Morgan fingerprint density at radius 2 is 1.84 bits per heavy atom. The molecule has 1 aliphatic rings. The minimum Gasteiger partial charge on any atom is -0.207 e. The number of rotatable bonds is 3. The van der Waals surface area contributed by atoms with Crippen LogP contribution in [-0.4, -0.2) is 25.8 Å². The molecule has 1 aliphatic heterocycles. The molecule has 1 fully saturated rings. The van der Waals surface area contributed by atoms with Crippen LogP contribution in [0.25, 0.3) is 0 Å². The first-order valence-electron chi connectivity index (χ1n) is 6.60. The van der Waals surface area contributed by atoms with Crippen molar-refractivity contribution < 1.29 is 8.42 Å². The van der Waals surface area contributed by atoms with Crippen molar-refractivity contribution in [2.45, 2.75) is 31.0 Å². The van der Waals surface area contributed by atoms with Crippen molar-refractivity contribution in [1.82, 2.24) is 4.31 Å². The van der Waals surface area contributed by atoms with E-state index in [1.807, 2.05) is 0 Å². The first-order chi connectivity index (χ1) is 8.95. The van der Waals surface area contributed by atoms with Crippen molar-refractivity contribution in [1.29, 1.82) is 0 Å². The van der Waals surface area contributed by atoms with Crippen LogP contribution in [0.4, 0.5) is 0 Å². The van der Waals surface area contributed by atoms with Gasteiger partial charge in [0, 0.05) is 19.0 Å². The van der Waals surface area contributed by atoms with Gasteiger partial charge in [0.1, 0.15) is 0 Å². The van der Waals surface area contributed by atoms with Crippen molar-refractivity contribution in [2.75, 3.05) is 13.1 Å². The van der Waals surface area contributed by atoms with Crippen molar-refractivity contribution >= 4 is 21.6 Å². The second kappa shape index (κ2) is 5.81. The Hall–Kier alpha value is -0.580. The molecule has 0 aliphatic carbocycles. The van der Waals surface area contributed by atoms with Crippen LogP contribution in [0.5, 0.6) is 0 Å². The van der Waals surface area contributed by atoms with Crippen molar-refractivity contribution in [2.24, 2.45) is 11.8 Å². The zero-order chi connectivity index (χ0) is 14.0. The summed E-state index contributed by atoms with van der Waals surface area (Å²) in [5.74, 6) is 1.40. The number of nitrogens with zero attached hydrogens (tertiary/aromatic N) is 1. The average molecular weight is 302 g/mol. The monoisotopic (exact) mass is 301 g/mol. The van der Waals surface area contributed by atoms with Crippen molar-refractivity contribution in [3.8, 4) is 0 Å². The Balaban J connectivity index is 2.21. The van der Waals surface area contributed by atoms with Crippen molar-refractivity contribution in [3.05, 3.63) is 29.8 Å².